The first kappa shape index (κ1) is 22.2. The van der Waals surface area contributed by atoms with Crippen molar-refractivity contribution < 1.29 is 14.3 Å². The zero-order valence-electron chi connectivity index (χ0n) is 18.4. The molecule has 1 aliphatic heterocycles. The van der Waals surface area contributed by atoms with Crippen molar-refractivity contribution in [3.05, 3.63) is 41.5 Å². The Balaban J connectivity index is 1.41. The van der Waals surface area contributed by atoms with Gasteiger partial charge in [0.25, 0.3) is 0 Å². The topological polar surface area (TPSA) is 70.7 Å². The number of amides is 1. The molecule has 0 unspecified atom stereocenters. The Hall–Kier alpha value is -2.54. The summed E-state index contributed by atoms with van der Waals surface area (Å²) in [5.74, 6) is 2.67. The van der Waals surface area contributed by atoms with Crippen LogP contribution in [0.5, 0.6) is 11.5 Å². The van der Waals surface area contributed by atoms with E-state index in [2.05, 4.69) is 21.9 Å². The number of rotatable bonds is 11. The van der Waals surface area contributed by atoms with E-state index in [4.69, 9.17) is 9.47 Å². The molecule has 1 aromatic heterocycles. The predicted molar refractivity (Wildman–Crippen MR) is 117 cm³/mol. The van der Waals surface area contributed by atoms with Crippen LogP contribution in [0.4, 0.5) is 0 Å². The molecule has 2 heterocycles. The zero-order valence-corrected chi connectivity index (χ0v) is 18.4. The molecule has 30 heavy (non-hydrogen) atoms. The van der Waals surface area contributed by atoms with E-state index < -0.39 is 0 Å². The van der Waals surface area contributed by atoms with Crippen molar-refractivity contribution in [1.82, 2.24) is 19.8 Å². The SMILES string of the molecule is COc1cc2c(cc1OC)CC(=O)N(CCCN(C)CCCCc1ncc[nH]1)CC2. The summed E-state index contributed by atoms with van der Waals surface area (Å²) in [4.78, 5) is 24.5. The van der Waals surface area contributed by atoms with Crippen LogP contribution in [0.1, 0.15) is 36.2 Å². The highest BCUT2D eigenvalue weighted by Crippen LogP contribution is 2.32. The molecule has 0 saturated heterocycles. The van der Waals surface area contributed by atoms with Gasteiger partial charge in [-0.3, -0.25) is 4.79 Å². The van der Waals surface area contributed by atoms with Crippen molar-refractivity contribution in [2.24, 2.45) is 0 Å². The smallest absolute Gasteiger partial charge is 0.227 e. The second kappa shape index (κ2) is 11.0. The first-order valence-corrected chi connectivity index (χ1v) is 10.8. The Kier molecular flexibility index (Phi) is 8.13. The molecular weight excluding hydrogens is 380 g/mol. The lowest BCUT2D eigenvalue weighted by atomic mass is 10.0. The third-order valence-electron chi connectivity index (χ3n) is 5.78. The van der Waals surface area contributed by atoms with Gasteiger partial charge >= 0.3 is 0 Å². The van der Waals surface area contributed by atoms with Crippen molar-refractivity contribution in [2.45, 2.75) is 38.5 Å². The highest BCUT2D eigenvalue weighted by molar-refractivity contribution is 5.80. The summed E-state index contributed by atoms with van der Waals surface area (Å²) in [7, 11) is 5.43. The first-order chi connectivity index (χ1) is 14.6. The number of ether oxygens (including phenoxy) is 2. The minimum Gasteiger partial charge on any atom is -0.493 e. The van der Waals surface area contributed by atoms with E-state index in [1.165, 1.54) is 5.56 Å². The highest BCUT2D eigenvalue weighted by Gasteiger charge is 2.22. The van der Waals surface area contributed by atoms with Gasteiger partial charge in [0.1, 0.15) is 5.82 Å². The average Bonchev–Trinajstić information content (AvgIpc) is 3.22. The van der Waals surface area contributed by atoms with Gasteiger partial charge in [-0.05, 0) is 69.1 Å². The van der Waals surface area contributed by atoms with Crippen LogP contribution in [0, 0.1) is 0 Å². The molecule has 0 bridgehead atoms. The fraction of sp³-hybridized carbons (Fsp3) is 0.565. The monoisotopic (exact) mass is 414 g/mol. The number of imidazole rings is 1. The second-order valence-corrected chi connectivity index (χ2v) is 7.93. The van der Waals surface area contributed by atoms with Crippen LogP contribution in [0.3, 0.4) is 0 Å². The van der Waals surface area contributed by atoms with Gasteiger partial charge in [-0.25, -0.2) is 4.98 Å². The van der Waals surface area contributed by atoms with Gasteiger partial charge in [0.15, 0.2) is 11.5 Å². The van der Waals surface area contributed by atoms with Crippen molar-refractivity contribution in [2.75, 3.05) is 47.4 Å². The Morgan fingerprint density at radius 2 is 1.83 bits per heavy atom. The van der Waals surface area contributed by atoms with Gasteiger partial charge in [-0.2, -0.15) is 0 Å². The fourth-order valence-electron chi connectivity index (χ4n) is 4.00. The molecule has 0 saturated carbocycles. The van der Waals surface area contributed by atoms with Gasteiger partial charge in [-0.1, -0.05) is 0 Å². The number of carbonyl (C=O) groups is 1. The van der Waals surface area contributed by atoms with Crippen molar-refractivity contribution in [3.63, 3.8) is 0 Å². The highest BCUT2D eigenvalue weighted by atomic mass is 16.5. The molecule has 1 amide bonds. The van der Waals surface area contributed by atoms with E-state index in [1.54, 1.807) is 20.4 Å². The van der Waals surface area contributed by atoms with Crippen LogP contribution in [0.25, 0.3) is 0 Å². The van der Waals surface area contributed by atoms with Gasteiger partial charge in [0, 0.05) is 31.9 Å². The Morgan fingerprint density at radius 1 is 1.10 bits per heavy atom. The van der Waals surface area contributed by atoms with E-state index >= 15 is 0 Å². The molecule has 1 aliphatic rings. The van der Waals surface area contributed by atoms with Crippen LogP contribution in [-0.2, 0) is 24.1 Å². The molecule has 1 N–H and O–H groups in total. The quantitative estimate of drug-likeness (QED) is 0.573. The van der Waals surface area contributed by atoms with Crippen LogP contribution in [0.15, 0.2) is 24.5 Å². The molecule has 1 aromatic carbocycles. The molecule has 164 valence electrons. The number of benzene rings is 1. The summed E-state index contributed by atoms with van der Waals surface area (Å²) < 4.78 is 10.8. The lowest BCUT2D eigenvalue weighted by Crippen LogP contribution is -2.35. The van der Waals surface area contributed by atoms with Gasteiger partial charge in [-0.15, -0.1) is 0 Å². The van der Waals surface area contributed by atoms with Gasteiger partial charge < -0.3 is 24.3 Å². The predicted octanol–water partition coefficient (Wildman–Crippen LogP) is 2.70. The maximum atomic E-state index is 12.8. The van der Waals surface area contributed by atoms with E-state index in [-0.39, 0.29) is 5.91 Å². The largest absolute Gasteiger partial charge is 0.493 e. The Morgan fingerprint density at radius 3 is 2.53 bits per heavy atom. The van der Waals surface area contributed by atoms with Crippen LogP contribution in [0.2, 0.25) is 0 Å². The molecule has 0 fully saturated rings. The molecule has 0 aliphatic carbocycles. The van der Waals surface area contributed by atoms with E-state index in [1.807, 2.05) is 23.2 Å². The number of aryl methyl sites for hydroxylation is 1. The number of aromatic amines is 1. The number of unbranched alkanes of at least 4 members (excludes halogenated alkanes) is 1. The number of aromatic nitrogens is 2. The molecule has 2 aromatic rings. The number of hydrogen-bond donors (Lipinski definition) is 1. The number of H-pyrrole nitrogens is 1. The lowest BCUT2D eigenvalue weighted by molar-refractivity contribution is -0.130. The minimum absolute atomic E-state index is 0.196. The van der Waals surface area contributed by atoms with Crippen molar-refractivity contribution in [3.8, 4) is 11.5 Å². The summed E-state index contributed by atoms with van der Waals surface area (Å²) in [6.45, 7) is 3.63. The Labute approximate surface area is 179 Å². The lowest BCUT2D eigenvalue weighted by Gasteiger charge is -2.22. The average molecular weight is 415 g/mol. The van der Waals surface area contributed by atoms with Crippen LogP contribution in [-0.4, -0.2) is 73.1 Å². The van der Waals surface area contributed by atoms with Gasteiger partial charge in [0.05, 0.1) is 20.6 Å². The van der Waals surface area contributed by atoms with E-state index in [0.29, 0.717) is 12.2 Å². The third-order valence-corrected chi connectivity index (χ3v) is 5.78. The maximum absolute atomic E-state index is 12.8. The molecule has 7 heteroatoms. The van der Waals surface area contributed by atoms with Crippen molar-refractivity contribution in [1.29, 1.82) is 0 Å². The van der Waals surface area contributed by atoms with Gasteiger partial charge in [0.2, 0.25) is 5.91 Å². The molecular formula is C23H34N4O3. The summed E-state index contributed by atoms with van der Waals surface area (Å²) in [5.41, 5.74) is 2.23. The standard InChI is InChI=1S/C23H34N4O3/c1-26(11-5-4-7-22-24-9-10-25-22)12-6-13-27-14-8-18-15-20(29-2)21(30-3)16-19(18)17-23(27)28/h9-10,15-16H,4-8,11-14,17H2,1-3H3,(H,24,25). The Bertz CT molecular complexity index is 807. The second-order valence-electron chi connectivity index (χ2n) is 7.93. The molecule has 0 atom stereocenters. The first-order valence-electron chi connectivity index (χ1n) is 10.8. The number of nitrogens with one attached hydrogen (secondary N) is 1. The summed E-state index contributed by atoms with van der Waals surface area (Å²) in [6.07, 6.45) is 9.23. The molecule has 7 nitrogen and oxygen atoms in total. The van der Waals surface area contributed by atoms with E-state index in [9.17, 15) is 4.79 Å². The number of methoxy groups -OCH3 is 2. The van der Waals surface area contributed by atoms with Crippen LogP contribution < -0.4 is 9.47 Å². The normalized spacial score (nSPS) is 14.0. The number of nitrogens with zero attached hydrogens (tertiary/aromatic N) is 3. The summed E-state index contributed by atoms with van der Waals surface area (Å²) in [5, 5.41) is 0. The maximum Gasteiger partial charge on any atom is 0.227 e. The number of fused-ring (bicyclic) bond motifs is 1. The zero-order chi connectivity index (χ0) is 21.3. The fourth-order valence-corrected chi connectivity index (χ4v) is 4.00. The van der Waals surface area contributed by atoms with E-state index in [0.717, 1.165) is 75.4 Å². The number of hydrogen-bond acceptors (Lipinski definition) is 5. The summed E-state index contributed by atoms with van der Waals surface area (Å²) >= 11 is 0. The molecule has 0 spiro atoms. The number of carbonyl (C=O) groups excluding carboxylic acids is 1. The molecule has 3 rings (SSSR count). The third kappa shape index (κ3) is 5.98. The molecule has 0 radical (unpaired) electrons. The minimum atomic E-state index is 0.196. The van der Waals surface area contributed by atoms with Crippen LogP contribution >= 0.6 is 0 Å². The van der Waals surface area contributed by atoms with Crippen molar-refractivity contribution >= 4 is 5.91 Å². The summed E-state index contributed by atoms with van der Waals surface area (Å²) in [6, 6.07) is 3.97.